The average molecular weight is 583 g/mol. The van der Waals surface area contributed by atoms with Crippen LogP contribution < -0.4 is 10.1 Å². The number of nitrogens with zero attached hydrogens (tertiary/aromatic N) is 6. The lowest BCUT2D eigenvalue weighted by molar-refractivity contribution is -0.0493. The number of nitrogens with one attached hydrogen (secondary N) is 2. The number of thiophene rings is 1. The first-order valence-corrected chi connectivity index (χ1v) is 13.0. The Kier molecular flexibility index (Phi) is 6.66. The van der Waals surface area contributed by atoms with Crippen LogP contribution in [0, 0.1) is 0 Å². The van der Waals surface area contributed by atoms with Gasteiger partial charge in [-0.15, -0.1) is 11.3 Å². The van der Waals surface area contributed by atoms with E-state index in [0.717, 1.165) is 11.3 Å². The van der Waals surface area contributed by atoms with Gasteiger partial charge in [0.15, 0.2) is 5.65 Å². The molecule has 0 atom stereocenters. The van der Waals surface area contributed by atoms with Gasteiger partial charge in [0.1, 0.15) is 11.3 Å². The number of aromatic amines is 1. The van der Waals surface area contributed by atoms with Gasteiger partial charge in [-0.2, -0.15) is 19.0 Å². The van der Waals surface area contributed by atoms with Gasteiger partial charge in [0.05, 0.1) is 28.7 Å². The maximum absolute atomic E-state index is 13.4. The highest BCUT2D eigenvalue weighted by molar-refractivity contribution is 7.20. The lowest BCUT2D eigenvalue weighted by Gasteiger charge is -2.32. The molecule has 1 aromatic carbocycles. The predicted octanol–water partition coefficient (Wildman–Crippen LogP) is 3.62. The Hall–Kier alpha value is -5.12. The van der Waals surface area contributed by atoms with Crippen molar-refractivity contribution in [3.8, 4) is 17.0 Å². The van der Waals surface area contributed by atoms with Gasteiger partial charge in [0.25, 0.3) is 11.8 Å². The van der Waals surface area contributed by atoms with Gasteiger partial charge in [0, 0.05) is 48.8 Å². The Balaban J connectivity index is 1.31. The number of H-pyrrole nitrogens is 1. The standard InChI is InChI=1S/C25H20F2N8O5S/c26-24(27)40-17-8-13-9-19(23(37)33-4-6-34(7-5-33)25(38)39)41-18(13)10-14(17)20-16(12-29-32-20)31-22(36)15-11-30-35-3-1-2-28-21(15)35/h1-3,8-12,24H,4-7H2,(H,29,32)(H,31,36)(H,38,39). The van der Waals surface area contributed by atoms with Crippen molar-refractivity contribution in [3.05, 3.63) is 59.5 Å². The van der Waals surface area contributed by atoms with Gasteiger partial charge in [-0.05, 0) is 29.7 Å². The van der Waals surface area contributed by atoms with E-state index in [1.54, 1.807) is 29.3 Å². The molecule has 1 fully saturated rings. The molecule has 16 heteroatoms. The maximum Gasteiger partial charge on any atom is 0.407 e. The van der Waals surface area contributed by atoms with Crippen LogP contribution in [-0.2, 0) is 0 Å². The van der Waals surface area contributed by atoms with E-state index in [1.165, 1.54) is 34.1 Å². The topological polar surface area (TPSA) is 158 Å². The molecule has 1 saturated heterocycles. The number of amides is 3. The van der Waals surface area contributed by atoms with Crippen molar-refractivity contribution in [3.63, 3.8) is 0 Å². The van der Waals surface area contributed by atoms with Crippen LogP contribution in [0.3, 0.4) is 0 Å². The van der Waals surface area contributed by atoms with Crippen molar-refractivity contribution in [1.82, 2.24) is 34.6 Å². The number of anilines is 1. The van der Waals surface area contributed by atoms with E-state index in [9.17, 15) is 23.2 Å². The number of aromatic nitrogens is 5. The van der Waals surface area contributed by atoms with Crippen LogP contribution in [0.4, 0.5) is 19.3 Å². The first-order chi connectivity index (χ1) is 19.8. The number of carbonyl (C=O) groups is 3. The summed E-state index contributed by atoms with van der Waals surface area (Å²) >= 11 is 1.16. The highest BCUT2D eigenvalue weighted by atomic mass is 32.1. The summed E-state index contributed by atoms with van der Waals surface area (Å²) in [7, 11) is 0. The summed E-state index contributed by atoms with van der Waals surface area (Å²) in [5, 5.41) is 23.2. The highest BCUT2D eigenvalue weighted by Crippen LogP contribution is 2.40. The van der Waals surface area contributed by atoms with Gasteiger partial charge in [-0.25, -0.2) is 14.3 Å². The fraction of sp³-hybridized carbons (Fsp3) is 0.200. The molecule has 13 nitrogen and oxygen atoms in total. The van der Waals surface area contributed by atoms with Crippen molar-refractivity contribution < 1.29 is 33.0 Å². The SMILES string of the molecule is O=C(Nc1cn[nH]c1-c1cc2sc(C(=O)N3CCN(C(=O)O)CC3)cc2cc1OC(F)F)c1cnn2cccnc12. The Labute approximate surface area is 232 Å². The molecule has 0 bridgehead atoms. The number of rotatable bonds is 6. The lowest BCUT2D eigenvalue weighted by atomic mass is 10.1. The van der Waals surface area contributed by atoms with Crippen molar-refractivity contribution in [1.29, 1.82) is 0 Å². The second-order valence-corrected chi connectivity index (χ2v) is 10.1. The van der Waals surface area contributed by atoms with Gasteiger partial charge in [0.2, 0.25) is 0 Å². The van der Waals surface area contributed by atoms with Crippen LogP contribution >= 0.6 is 11.3 Å². The van der Waals surface area contributed by atoms with Crippen LogP contribution in [0.25, 0.3) is 27.0 Å². The third kappa shape index (κ3) is 5.00. The minimum atomic E-state index is -3.14. The maximum atomic E-state index is 13.4. The van der Waals surface area contributed by atoms with E-state index in [2.05, 4.69) is 25.6 Å². The molecule has 4 aromatic heterocycles. The van der Waals surface area contributed by atoms with Crippen molar-refractivity contribution in [2.24, 2.45) is 0 Å². The van der Waals surface area contributed by atoms with Crippen LogP contribution in [0.15, 0.2) is 49.1 Å². The summed E-state index contributed by atoms with van der Waals surface area (Å²) in [6, 6.07) is 6.23. The largest absolute Gasteiger partial charge is 0.465 e. The second kappa shape index (κ2) is 10.5. The molecule has 5 aromatic rings. The summed E-state index contributed by atoms with van der Waals surface area (Å²) < 4.78 is 33.7. The Morgan fingerprint density at radius 1 is 1.10 bits per heavy atom. The van der Waals surface area contributed by atoms with Gasteiger partial charge in [-0.1, -0.05) is 0 Å². The highest BCUT2D eigenvalue weighted by Gasteiger charge is 2.27. The van der Waals surface area contributed by atoms with E-state index >= 15 is 0 Å². The van der Waals surface area contributed by atoms with Crippen LogP contribution in [0.2, 0.25) is 0 Å². The molecule has 1 aliphatic heterocycles. The van der Waals surface area contributed by atoms with E-state index in [0.29, 0.717) is 20.6 Å². The second-order valence-electron chi connectivity index (χ2n) is 9.00. The number of carboxylic acid groups (broad SMARTS) is 1. The molecule has 1 aliphatic rings. The number of benzene rings is 1. The predicted molar refractivity (Wildman–Crippen MR) is 142 cm³/mol. The molecular weight excluding hydrogens is 562 g/mol. The first-order valence-electron chi connectivity index (χ1n) is 12.2. The average Bonchev–Trinajstić information content (AvgIpc) is 3.70. The Morgan fingerprint density at radius 3 is 2.63 bits per heavy atom. The molecule has 0 spiro atoms. The van der Waals surface area contributed by atoms with Crippen molar-refractivity contribution in [2.45, 2.75) is 6.61 Å². The number of ether oxygens (including phenoxy) is 1. The smallest absolute Gasteiger partial charge is 0.407 e. The minimum Gasteiger partial charge on any atom is -0.465 e. The number of hydrogen-bond acceptors (Lipinski definition) is 8. The Morgan fingerprint density at radius 2 is 1.88 bits per heavy atom. The Bertz CT molecular complexity index is 1790. The molecular formula is C25H20F2N8O5S. The van der Waals surface area contributed by atoms with Gasteiger partial charge < -0.3 is 25.0 Å². The monoisotopic (exact) mass is 582 g/mol. The fourth-order valence-corrected chi connectivity index (χ4v) is 5.63. The normalized spacial score (nSPS) is 13.7. The quantitative estimate of drug-likeness (QED) is 0.274. The van der Waals surface area contributed by atoms with E-state index in [1.807, 2.05) is 0 Å². The number of hydrogen-bond donors (Lipinski definition) is 3. The van der Waals surface area contributed by atoms with Crippen LogP contribution in [-0.4, -0.2) is 90.4 Å². The summed E-state index contributed by atoms with van der Waals surface area (Å²) in [6.45, 7) is -2.26. The number of carbonyl (C=O) groups excluding carboxylic acids is 2. The number of halogens is 2. The fourth-order valence-electron chi connectivity index (χ4n) is 4.58. The van der Waals surface area contributed by atoms with Gasteiger partial charge >= 0.3 is 12.7 Å². The summed E-state index contributed by atoms with van der Waals surface area (Å²) in [5.41, 5.74) is 1.14. The molecule has 210 valence electrons. The first kappa shape index (κ1) is 26.1. The third-order valence-corrected chi connectivity index (χ3v) is 7.65. The van der Waals surface area contributed by atoms with E-state index in [-0.39, 0.29) is 60.3 Å². The minimum absolute atomic E-state index is 0.184. The lowest BCUT2D eigenvalue weighted by Crippen LogP contribution is -2.50. The summed E-state index contributed by atoms with van der Waals surface area (Å²) in [6.07, 6.45) is 4.82. The van der Waals surface area contributed by atoms with Crippen molar-refractivity contribution in [2.75, 3.05) is 31.5 Å². The summed E-state index contributed by atoms with van der Waals surface area (Å²) in [4.78, 5) is 44.7. The summed E-state index contributed by atoms with van der Waals surface area (Å²) in [5.74, 6) is -1.01. The molecule has 0 radical (unpaired) electrons. The number of fused-ring (bicyclic) bond motifs is 2. The van der Waals surface area contributed by atoms with Crippen molar-refractivity contribution >= 4 is 50.7 Å². The zero-order valence-corrected chi connectivity index (χ0v) is 21.8. The molecule has 41 heavy (non-hydrogen) atoms. The van der Waals surface area contributed by atoms with Gasteiger partial charge in [-0.3, -0.25) is 14.7 Å². The zero-order valence-electron chi connectivity index (χ0n) is 21.0. The van der Waals surface area contributed by atoms with Crippen LogP contribution in [0.1, 0.15) is 20.0 Å². The molecule has 5 heterocycles. The molecule has 3 amide bonds. The molecule has 0 aliphatic carbocycles. The third-order valence-electron chi connectivity index (χ3n) is 6.56. The molecule has 3 N–H and O–H groups in total. The molecule has 0 unspecified atom stereocenters. The number of alkyl halides is 2. The number of piperazine rings is 1. The molecule has 0 saturated carbocycles. The zero-order chi connectivity index (χ0) is 28.7. The molecule has 6 rings (SSSR count). The van der Waals surface area contributed by atoms with Crippen LogP contribution in [0.5, 0.6) is 5.75 Å². The van der Waals surface area contributed by atoms with E-state index < -0.39 is 18.6 Å². The van der Waals surface area contributed by atoms with E-state index in [4.69, 9.17) is 9.84 Å².